The number of unbranched alkanes of at least 4 members (excludes halogenated alkanes) is 2. The maximum atomic E-state index is 2.66. The van der Waals surface area contributed by atoms with Crippen molar-refractivity contribution in [2.75, 3.05) is 32.7 Å². The van der Waals surface area contributed by atoms with E-state index < -0.39 is 0 Å². The summed E-state index contributed by atoms with van der Waals surface area (Å²) in [7, 11) is 0. The molecule has 0 aromatic heterocycles. The van der Waals surface area contributed by atoms with Gasteiger partial charge in [-0.2, -0.15) is 0 Å². The lowest BCUT2D eigenvalue weighted by atomic mass is 10.1. The minimum atomic E-state index is 0.695. The molecule has 0 radical (unpaired) electrons. The van der Waals surface area contributed by atoms with E-state index in [0.717, 1.165) is 6.54 Å². The summed E-state index contributed by atoms with van der Waals surface area (Å²) in [5.74, 6) is 0. The van der Waals surface area contributed by atoms with Gasteiger partial charge < -0.3 is 0 Å². The van der Waals surface area contributed by atoms with Gasteiger partial charge in [-0.25, -0.2) is 0 Å². The molecule has 0 bridgehead atoms. The first-order valence-corrected chi connectivity index (χ1v) is 8.47. The smallest absolute Gasteiger partial charge is 0.0195 e. The molecule has 1 heterocycles. The van der Waals surface area contributed by atoms with Gasteiger partial charge in [0.25, 0.3) is 0 Å². The van der Waals surface area contributed by atoms with Gasteiger partial charge in [0.05, 0.1) is 0 Å². The largest absolute Gasteiger partial charge is 0.298 e. The second kappa shape index (κ2) is 9.01. The molecule has 1 aliphatic rings. The lowest BCUT2D eigenvalue weighted by molar-refractivity contribution is 0.0897. The van der Waals surface area contributed by atoms with Crippen LogP contribution in [0.15, 0.2) is 36.4 Å². The number of hydrogen-bond donors (Lipinski definition) is 0. The summed E-state index contributed by atoms with van der Waals surface area (Å²) in [5, 5.41) is 0. The molecular weight excluding hydrogens is 256 g/mol. The van der Waals surface area contributed by atoms with Crippen molar-refractivity contribution in [2.45, 2.75) is 39.2 Å². The van der Waals surface area contributed by atoms with Crippen LogP contribution < -0.4 is 0 Å². The molecule has 0 N–H and O–H groups in total. The van der Waals surface area contributed by atoms with E-state index in [9.17, 15) is 0 Å². The van der Waals surface area contributed by atoms with Crippen molar-refractivity contribution in [2.24, 2.45) is 0 Å². The van der Waals surface area contributed by atoms with Gasteiger partial charge in [-0.05, 0) is 25.5 Å². The fourth-order valence-corrected chi connectivity index (χ4v) is 3.04. The van der Waals surface area contributed by atoms with Crippen molar-refractivity contribution in [1.29, 1.82) is 0 Å². The molecule has 2 heteroatoms. The maximum Gasteiger partial charge on any atom is 0.0195 e. The van der Waals surface area contributed by atoms with Gasteiger partial charge in [0.2, 0.25) is 0 Å². The van der Waals surface area contributed by atoms with Gasteiger partial charge in [0.15, 0.2) is 0 Å². The zero-order valence-corrected chi connectivity index (χ0v) is 13.7. The van der Waals surface area contributed by atoms with Gasteiger partial charge in [0.1, 0.15) is 0 Å². The molecule has 1 aromatic rings. The average molecular weight is 286 g/mol. The maximum absolute atomic E-state index is 2.66. The monoisotopic (exact) mass is 286 g/mol. The molecule has 1 aliphatic heterocycles. The van der Waals surface area contributed by atoms with Crippen LogP contribution in [0.5, 0.6) is 0 Å². The molecule has 1 aromatic carbocycles. The molecule has 1 unspecified atom stereocenters. The highest BCUT2D eigenvalue weighted by Gasteiger charge is 2.21. The molecule has 116 valence electrons. The summed E-state index contributed by atoms with van der Waals surface area (Å²) in [4.78, 5) is 5.23. The predicted octanol–water partition coefficient (Wildman–Crippen LogP) is 3.90. The fourth-order valence-electron chi connectivity index (χ4n) is 3.04. The number of benzene rings is 1. The lowest BCUT2D eigenvalue weighted by Crippen LogP contribution is -2.51. The van der Waals surface area contributed by atoms with Crippen LogP contribution in [0.4, 0.5) is 0 Å². The average Bonchev–Trinajstić information content (AvgIpc) is 2.51. The van der Waals surface area contributed by atoms with Gasteiger partial charge in [-0.15, -0.1) is 0 Å². The molecule has 2 nitrogen and oxygen atoms in total. The van der Waals surface area contributed by atoms with Crippen molar-refractivity contribution in [3.8, 4) is 0 Å². The van der Waals surface area contributed by atoms with Crippen LogP contribution in [0.2, 0.25) is 0 Å². The molecular formula is C19H30N2. The molecule has 1 atom stereocenters. The van der Waals surface area contributed by atoms with Crippen molar-refractivity contribution in [1.82, 2.24) is 9.80 Å². The van der Waals surface area contributed by atoms with E-state index in [0.29, 0.717) is 6.04 Å². The van der Waals surface area contributed by atoms with Gasteiger partial charge in [-0.3, -0.25) is 9.80 Å². The molecule has 1 saturated heterocycles. The molecule has 2 rings (SSSR count). The molecule has 0 spiro atoms. The Labute approximate surface area is 130 Å². The summed E-state index contributed by atoms with van der Waals surface area (Å²) in [6.07, 6.45) is 8.58. The zero-order valence-electron chi connectivity index (χ0n) is 13.7. The summed E-state index contributed by atoms with van der Waals surface area (Å²) >= 11 is 0. The number of nitrogens with zero attached hydrogens (tertiary/aromatic N) is 2. The van der Waals surface area contributed by atoms with E-state index in [1.165, 1.54) is 51.0 Å². The third-order valence-corrected chi connectivity index (χ3v) is 4.37. The van der Waals surface area contributed by atoms with E-state index >= 15 is 0 Å². The highest BCUT2D eigenvalue weighted by atomic mass is 15.3. The Kier molecular flexibility index (Phi) is 6.98. The van der Waals surface area contributed by atoms with Gasteiger partial charge in [-0.1, -0.05) is 62.2 Å². The van der Waals surface area contributed by atoms with Crippen LogP contribution in [0, 0.1) is 0 Å². The van der Waals surface area contributed by atoms with Crippen molar-refractivity contribution < 1.29 is 0 Å². The van der Waals surface area contributed by atoms with Crippen LogP contribution in [0.25, 0.3) is 6.08 Å². The molecule has 1 fully saturated rings. The topological polar surface area (TPSA) is 6.48 Å². The van der Waals surface area contributed by atoms with Crippen LogP contribution in [0.3, 0.4) is 0 Å². The second-order valence-corrected chi connectivity index (χ2v) is 6.16. The van der Waals surface area contributed by atoms with Crippen LogP contribution in [-0.2, 0) is 0 Å². The number of piperazine rings is 1. The summed E-state index contributed by atoms with van der Waals surface area (Å²) in [6.45, 7) is 10.6. The van der Waals surface area contributed by atoms with E-state index in [1.54, 1.807) is 0 Å². The first-order valence-electron chi connectivity index (χ1n) is 8.47. The number of rotatable bonds is 7. The summed E-state index contributed by atoms with van der Waals surface area (Å²) in [5.41, 5.74) is 1.30. The SMILES string of the molecule is CCCCCN1CCN(C/C=C/c2ccccc2)CC1C. The molecule has 0 aliphatic carbocycles. The van der Waals surface area contributed by atoms with Crippen molar-refractivity contribution in [3.05, 3.63) is 42.0 Å². The quantitative estimate of drug-likeness (QED) is 0.702. The Morgan fingerprint density at radius 1 is 1.14 bits per heavy atom. The Balaban J connectivity index is 1.71. The highest BCUT2D eigenvalue weighted by molar-refractivity contribution is 5.48. The highest BCUT2D eigenvalue weighted by Crippen LogP contribution is 2.11. The van der Waals surface area contributed by atoms with E-state index in [2.05, 4.69) is 66.1 Å². The normalized spacial score (nSPS) is 21.1. The van der Waals surface area contributed by atoms with E-state index in [1.807, 2.05) is 0 Å². The van der Waals surface area contributed by atoms with Crippen LogP contribution in [0.1, 0.15) is 38.7 Å². The molecule has 0 amide bonds. The van der Waals surface area contributed by atoms with Crippen LogP contribution >= 0.6 is 0 Å². The molecule has 21 heavy (non-hydrogen) atoms. The third kappa shape index (κ3) is 5.64. The van der Waals surface area contributed by atoms with E-state index in [4.69, 9.17) is 0 Å². The van der Waals surface area contributed by atoms with Crippen molar-refractivity contribution in [3.63, 3.8) is 0 Å². The Bertz CT molecular complexity index is 413. The summed E-state index contributed by atoms with van der Waals surface area (Å²) < 4.78 is 0. The minimum absolute atomic E-state index is 0.695. The summed E-state index contributed by atoms with van der Waals surface area (Å²) in [6, 6.07) is 11.3. The fraction of sp³-hybridized carbons (Fsp3) is 0.579. The number of hydrogen-bond acceptors (Lipinski definition) is 2. The zero-order chi connectivity index (χ0) is 14.9. The minimum Gasteiger partial charge on any atom is -0.298 e. The lowest BCUT2D eigenvalue weighted by Gasteiger charge is -2.39. The van der Waals surface area contributed by atoms with E-state index in [-0.39, 0.29) is 0 Å². The third-order valence-electron chi connectivity index (χ3n) is 4.37. The predicted molar refractivity (Wildman–Crippen MR) is 92.5 cm³/mol. The molecule has 0 saturated carbocycles. The van der Waals surface area contributed by atoms with Gasteiger partial charge in [0, 0.05) is 32.2 Å². The Hall–Kier alpha value is -1.12. The van der Waals surface area contributed by atoms with Crippen molar-refractivity contribution >= 4 is 6.08 Å². The second-order valence-electron chi connectivity index (χ2n) is 6.16. The standard InChI is InChI=1S/C19H30N2/c1-3-4-8-14-21-16-15-20(17-18(21)2)13-9-12-19-10-6-5-7-11-19/h5-7,9-12,18H,3-4,8,13-17H2,1-2H3/b12-9+. The van der Waals surface area contributed by atoms with Crippen LogP contribution in [-0.4, -0.2) is 48.6 Å². The Morgan fingerprint density at radius 3 is 2.67 bits per heavy atom. The van der Waals surface area contributed by atoms with Gasteiger partial charge >= 0.3 is 0 Å². The first kappa shape index (κ1) is 16.3. The Morgan fingerprint density at radius 2 is 1.95 bits per heavy atom. The first-order chi connectivity index (χ1) is 10.3.